The number of halogens is 1. The number of fused-ring (bicyclic) bond motifs is 1. The molecule has 21 heavy (non-hydrogen) atoms. The van der Waals surface area contributed by atoms with E-state index in [4.69, 9.17) is 0 Å². The molecular weight excluding hydrogens is 330 g/mol. The van der Waals surface area contributed by atoms with Crippen LogP contribution in [0.25, 0.3) is 0 Å². The van der Waals surface area contributed by atoms with Crippen LogP contribution in [-0.2, 0) is 17.6 Å². The van der Waals surface area contributed by atoms with E-state index in [9.17, 15) is 9.90 Å². The van der Waals surface area contributed by atoms with Crippen LogP contribution in [0.3, 0.4) is 0 Å². The van der Waals surface area contributed by atoms with E-state index in [1.165, 1.54) is 11.1 Å². The SMILES string of the molecule is CC1(C(=O)O)CCCCN1C1CCc2cc(Br)ccc2C1. The van der Waals surface area contributed by atoms with Gasteiger partial charge in [-0.2, -0.15) is 0 Å². The summed E-state index contributed by atoms with van der Waals surface area (Å²) in [6.45, 7) is 2.82. The lowest BCUT2D eigenvalue weighted by atomic mass is 9.81. The molecule has 1 heterocycles. The second-order valence-corrected chi connectivity index (χ2v) is 7.45. The van der Waals surface area contributed by atoms with Crippen molar-refractivity contribution in [1.82, 2.24) is 4.90 Å². The van der Waals surface area contributed by atoms with Gasteiger partial charge in [-0.25, -0.2) is 0 Å². The summed E-state index contributed by atoms with van der Waals surface area (Å²) in [5, 5.41) is 9.68. The zero-order chi connectivity index (χ0) is 15.0. The molecule has 1 aromatic carbocycles. The van der Waals surface area contributed by atoms with Crippen LogP contribution >= 0.6 is 15.9 Å². The standard InChI is InChI=1S/C17H22BrNO2/c1-17(16(20)21)8-2-3-9-19(17)15-7-5-12-10-14(18)6-4-13(12)11-15/h4,6,10,15H,2-3,5,7-9,11H2,1H3,(H,20,21). The molecule has 0 amide bonds. The highest BCUT2D eigenvalue weighted by Crippen LogP contribution is 2.35. The average Bonchev–Trinajstić information content (AvgIpc) is 2.47. The van der Waals surface area contributed by atoms with Gasteiger partial charge in [0, 0.05) is 10.5 Å². The quantitative estimate of drug-likeness (QED) is 0.884. The first kappa shape index (κ1) is 15.0. The fourth-order valence-corrected chi connectivity index (χ4v) is 4.34. The normalized spacial score (nSPS) is 29.9. The number of benzene rings is 1. The van der Waals surface area contributed by atoms with Crippen LogP contribution in [0.2, 0.25) is 0 Å². The maximum atomic E-state index is 11.8. The second kappa shape index (κ2) is 5.73. The Morgan fingerprint density at radius 2 is 2.19 bits per heavy atom. The highest BCUT2D eigenvalue weighted by molar-refractivity contribution is 9.10. The van der Waals surface area contributed by atoms with Crippen molar-refractivity contribution in [3.8, 4) is 0 Å². The van der Waals surface area contributed by atoms with Crippen molar-refractivity contribution in [2.24, 2.45) is 0 Å². The zero-order valence-corrected chi connectivity index (χ0v) is 14.0. The Balaban J connectivity index is 1.84. The van der Waals surface area contributed by atoms with Gasteiger partial charge in [0.15, 0.2) is 0 Å². The Labute approximate surface area is 134 Å². The lowest BCUT2D eigenvalue weighted by Gasteiger charge is -2.47. The van der Waals surface area contributed by atoms with Crippen LogP contribution in [-0.4, -0.2) is 34.1 Å². The lowest BCUT2D eigenvalue weighted by Crippen LogP contribution is -2.59. The summed E-state index contributed by atoms with van der Waals surface area (Å²) in [5.41, 5.74) is 2.11. The Morgan fingerprint density at radius 3 is 2.95 bits per heavy atom. The Morgan fingerprint density at radius 1 is 1.38 bits per heavy atom. The first-order valence-electron chi connectivity index (χ1n) is 7.78. The number of hydrogen-bond donors (Lipinski definition) is 1. The molecule has 2 aliphatic rings. The molecule has 1 fully saturated rings. The third kappa shape index (κ3) is 2.76. The first-order valence-corrected chi connectivity index (χ1v) is 8.57. The maximum absolute atomic E-state index is 11.8. The van der Waals surface area contributed by atoms with Crippen molar-refractivity contribution in [2.75, 3.05) is 6.54 Å². The monoisotopic (exact) mass is 351 g/mol. The molecule has 2 unspecified atom stereocenters. The number of rotatable bonds is 2. The Bertz CT molecular complexity index is 560. The summed E-state index contributed by atoms with van der Waals surface area (Å²) in [7, 11) is 0. The molecule has 1 aliphatic carbocycles. The number of hydrogen-bond acceptors (Lipinski definition) is 2. The molecule has 0 spiro atoms. The molecule has 1 aliphatic heterocycles. The molecule has 0 aromatic heterocycles. The minimum atomic E-state index is -0.685. The molecule has 114 valence electrons. The topological polar surface area (TPSA) is 40.5 Å². The molecule has 1 aromatic rings. The summed E-state index contributed by atoms with van der Waals surface area (Å²) in [6.07, 6.45) is 6.00. The number of likely N-dealkylation sites (tertiary alicyclic amines) is 1. The van der Waals surface area contributed by atoms with Gasteiger partial charge in [-0.1, -0.05) is 22.0 Å². The average molecular weight is 352 g/mol. The van der Waals surface area contributed by atoms with Gasteiger partial charge < -0.3 is 5.11 Å². The van der Waals surface area contributed by atoms with Gasteiger partial charge in [0.05, 0.1) is 0 Å². The van der Waals surface area contributed by atoms with E-state index in [2.05, 4.69) is 39.0 Å². The van der Waals surface area contributed by atoms with E-state index in [1.54, 1.807) is 0 Å². The van der Waals surface area contributed by atoms with Gasteiger partial charge in [-0.15, -0.1) is 0 Å². The van der Waals surface area contributed by atoms with Crippen molar-refractivity contribution in [3.05, 3.63) is 33.8 Å². The van der Waals surface area contributed by atoms with Crippen molar-refractivity contribution < 1.29 is 9.90 Å². The van der Waals surface area contributed by atoms with E-state index < -0.39 is 11.5 Å². The fourth-order valence-electron chi connectivity index (χ4n) is 3.93. The number of carboxylic acid groups (broad SMARTS) is 1. The van der Waals surface area contributed by atoms with Gasteiger partial charge in [-0.3, -0.25) is 9.69 Å². The maximum Gasteiger partial charge on any atom is 0.323 e. The van der Waals surface area contributed by atoms with Crippen LogP contribution < -0.4 is 0 Å². The van der Waals surface area contributed by atoms with Crippen LogP contribution in [0.1, 0.15) is 43.7 Å². The lowest BCUT2D eigenvalue weighted by molar-refractivity contribution is -0.155. The summed E-state index contributed by atoms with van der Waals surface area (Å²) in [6, 6.07) is 6.85. The third-order valence-electron chi connectivity index (χ3n) is 5.22. The number of nitrogens with zero attached hydrogens (tertiary/aromatic N) is 1. The molecule has 0 bridgehead atoms. The van der Waals surface area contributed by atoms with E-state index in [-0.39, 0.29) is 0 Å². The molecule has 2 atom stereocenters. The summed E-state index contributed by atoms with van der Waals surface area (Å²) in [5.74, 6) is -0.663. The largest absolute Gasteiger partial charge is 0.480 e. The molecule has 3 nitrogen and oxygen atoms in total. The molecule has 3 rings (SSSR count). The van der Waals surface area contributed by atoms with Crippen LogP contribution in [0.5, 0.6) is 0 Å². The van der Waals surface area contributed by atoms with E-state index >= 15 is 0 Å². The zero-order valence-electron chi connectivity index (χ0n) is 12.4. The van der Waals surface area contributed by atoms with Gasteiger partial charge in [0.2, 0.25) is 0 Å². The van der Waals surface area contributed by atoms with Gasteiger partial charge in [-0.05, 0) is 75.3 Å². The molecule has 1 saturated heterocycles. The smallest absolute Gasteiger partial charge is 0.323 e. The van der Waals surface area contributed by atoms with Gasteiger partial charge in [0.1, 0.15) is 5.54 Å². The van der Waals surface area contributed by atoms with E-state index in [0.717, 1.165) is 49.5 Å². The highest BCUT2D eigenvalue weighted by atomic mass is 79.9. The van der Waals surface area contributed by atoms with Crippen molar-refractivity contribution in [2.45, 2.75) is 57.0 Å². The van der Waals surface area contributed by atoms with Crippen molar-refractivity contribution in [1.29, 1.82) is 0 Å². The molecule has 1 N–H and O–H groups in total. The fraction of sp³-hybridized carbons (Fsp3) is 0.588. The van der Waals surface area contributed by atoms with Crippen molar-refractivity contribution >= 4 is 21.9 Å². The van der Waals surface area contributed by atoms with Crippen molar-refractivity contribution in [3.63, 3.8) is 0 Å². The molecule has 4 heteroatoms. The molecular formula is C17H22BrNO2. The number of carboxylic acids is 1. The van der Waals surface area contributed by atoms with Crippen LogP contribution in [0.4, 0.5) is 0 Å². The van der Waals surface area contributed by atoms with Crippen LogP contribution in [0.15, 0.2) is 22.7 Å². The van der Waals surface area contributed by atoms with Gasteiger partial charge >= 0.3 is 5.97 Å². The number of aliphatic carboxylic acids is 1. The van der Waals surface area contributed by atoms with E-state index in [1.807, 2.05) is 6.92 Å². The first-order chi connectivity index (χ1) is 10.0. The third-order valence-corrected chi connectivity index (χ3v) is 5.71. The van der Waals surface area contributed by atoms with Gasteiger partial charge in [0.25, 0.3) is 0 Å². The highest BCUT2D eigenvalue weighted by Gasteiger charge is 2.44. The Hall–Kier alpha value is -0.870. The summed E-state index contributed by atoms with van der Waals surface area (Å²) >= 11 is 3.53. The Kier molecular flexibility index (Phi) is 4.10. The second-order valence-electron chi connectivity index (χ2n) is 6.54. The number of piperidine rings is 1. The predicted molar refractivity (Wildman–Crippen MR) is 86.6 cm³/mol. The van der Waals surface area contributed by atoms with Crippen LogP contribution in [0, 0.1) is 0 Å². The number of carbonyl (C=O) groups is 1. The summed E-state index contributed by atoms with van der Waals surface area (Å²) < 4.78 is 1.13. The minimum Gasteiger partial charge on any atom is -0.480 e. The predicted octanol–water partition coefficient (Wildman–Crippen LogP) is 3.64. The minimum absolute atomic E-state index is 0.361. The number of aryl methyl sites for hydroxylation is 1. The molecule has 0 radical (unpaired) electrons. The molecule has 0 saturated carbocycles. The summed E-state index contributed by atoms with van der Waals surface area (Å²) in [4.78, 5) is 14.0. The van der Waals surface area contributed by atoms with E-state index in [0.29, 0.717) is 6.04 Å².